The fourth-order valence-electron chi connectivity index (χ4n) is 2.01. The van der Waals surface area contributed by atoms with Gasteiger partial charge in [-0.2, -0.15) is 11.8 Å². The molecule has 15 heavy (non-hydrogen) atoms. The highest BCUT2D eigenvalue weighted by atomic mass is 32.2. The predicted octanol–water partition coefficient (Wildman–Crippen LogP) is 2.07. The molecule has 1 aliphatic rings. The molecule has 0 aliphatic carbocycles. The Balaban J connectivity index is 2.06. The monoisotopic (exact) mass is 223 g/mol. The topological polar surface area (TPSA) is 46.2 Å². The summed E-state index contributed by atoms with van der Waals surface area (Å²) < 4.78 is 0. The van der Waals surface area contributed by atoms with Gasteiger partial charge in [0.25, 0.3) is 0 Å². The maximum absolute atomic E-state index is 10.4. The number of benzene rings is 1. The molecule has 0 amide bonds. The van der Waals surface area contributed by atoms with Crippen LogP contribution in [0.3, 0.4) is 0 Å². The van der Waals surface area contributed by atoms with Gasteiger partial charge in [0, 0.05) is 12.1 Å². The van der Waals surface area contributed by atoms with Crippen molar-refractivity contribution in [1.29, 1.82) is 0 Å². The number of hydrogen-bond acceptors (Lipinski definition) is 3. The molecular formula is C12H17NOS. The Morgan fingerprint density at radius 1 is 1.33 bits per heavy atom. The first-order valence-corrected chi connectivity index (χ1v) is 6.48. The average Bonchev–Trinajstić information content (AvgIpc) is 2.18. The lowest BCUT2D eigenvalue weighted by Crippen LogP contribution is -2.35. The lowest BCUT2D eigenvalue weighted by molar-refractivity contribution is 0.0324. The van der Waals surface area contributed by atoms with E-state index in [4.69, 9.17) is 5.73 Å². The van der Waals surface area contributed by atoms with Gasteiger partial charge in [0.1, 0.15) is 0 Å². The van der Waals surface area contributed by atoms with Crippen molar-refractivity contribution in [2.45, 2.75) is 24.9 Å². The lowest BCUT2D eigenvalue weighted by atomic mass is 9.89. The van der Waals surface area contributed by atoms with Crippen molar-refractivity contribution in [3.63, 3.8) is 0 Å². The van der Waals surface area contributed by atoms with Gasteiger partial charge in [-0.1, -0.05) is 12.1 Å². The molecule has 0 atom stereocenters. The van der Waals surface area contributed by atoms with Crippen molar-refractivity contribution < 1.29 is 5.11 Å². The quantitative estimate of drug-likeness (QED) is 0.754. The maximum Gasteiger partial charge on any atom is 0.0703 e. The average molecular weight is 223 g/mol. The number of aliphatic hydroxyl groups is 1. The highest BCUT2D eigenvalue weighted by molar-refractivity contribution is 7.99. The molecule has 0 aromatic heterocycles. The molecule has 1 aromatic carbocycles. The van der Waals surface area contributed by atoms with E-state index in [0.29, 0.717) is 0 Å². The van der Waals surface area contributed by atoms with Crippen molar-refractivity contribution in [3.8, 4) is 0 Å². The van der Waals surface area contributed by atoms with Crippen LogP contribution in [-0.2, 0) is 6.42 Å². The normalized spacial score (nSPS) is 20.1. The van der Waals surface area contributed by atoms with Crippen molar-refractivity contribution in [2.24, 2.45) is 0 Å². The van der Waals surface area contributed by atoms with Gasteiger partial charge in [-0.3, -0.25) is 0 Å². The highest BCUT2D eigenvalue weighted by Gasteiger charge is 2.29. The van der Waals surface area contributed by atoms with E-state index < -0.39 is 5.60 Å². The Bertz CT molecular complexity index is 334. The summed E-state index contributed by atoms with van der Waals surface area (Å²) in [4.78, 5) is 0. The minimum Gasteiger partial charge on any atom is -0.399 e. The second-order valence-corrected chi connectivity index (χ2v) is 5.48. The van der Waals surface area contributed by atoms with Crippen molar-refractivity contribution >= 4 is 17.4 Å². The Morgan fingerprint density at radius 2 is 2.07 bits per heavy atom. The number of nitrogen functional groups attached to an aromatic ring is 1. The first-order chi connectivity index (χ1) is 7.18. The third-order valence-electron chi connectivity index (χ3n) is 2.91. The molecule has 0 spiro atoms. The molecule has 3 heteroatoms. The van der Waals surface area contributed by atoms with Gasteiger partial charge in [-0.15, -0.1) is 0 Å². The zero-order valence-corrected chi connectivity index (χ0v) is 9.59. The van der Waals surface area contributed by atoms with Crippen LogP contribution < -0.4 is 5.73 Å². The zero-order valence-electron chi connectivity index (χ0n) is 8.78. The number of anilines is 1. The molecule has 1 saturated heterocycles. The second kappa shape index (κ2) is 4.45. The molecule has 0 radical (unpaired) electrons. The van der Waals surface area contributed by atoms with E-state index in [9.17, 15) is 5.11 Å². The van der Waals surface area contributed by atoms with Gasteiger partial charge < -0.3 is 10.8 Å². The molecule has 1 aliphatic heterocycles. The van der Waals surface area contributed by atoms with Gasteiger partial charge in [-0.25, -0.2) is 0 Å². The van der Waals surface area contributed by atoms with Crippen molar-refractivity contribution in [3.05, 3.63) is 29.8 Å². The van der Waals surface area contributed by atoms with Gasteiger partial charge in [0.2, 0.25) is 0 Å². The molecule has 82 valence electrons. The smallest absolute Gasteiger partial charge is 0.0703 e. The summed E-state index contributed by atoms with van der Waals surface area (Å²) in [7, 11) is 0. The summed E-state index contributed by atoms with van der Waals surface area (Å²) in [6.07, 6.45) is 2.53. The number of rotatable bonds is 2. The van der Waals surface area contributed by atoms with E-state index in [2.05, 4.69) is 0 Å². The molecule has 2 rings (SSSR count). The van der Waals surface area contributed by atoms with Crippen LogP contribution in [0.5, 0.6) is 0 Å². The van der Waals surface area contributed by atoms with E-state index in [1.165, 1.54) is 0 Å². The minimum absolute atomic E-state index is 0.501. The van der Waals surface area contributed by atoms with E-state index in [-0.39, 0.29) is 0 Å². The summed E-state index contributed by atoms with van der Waals surface area (Å²) in [6.45, 7) is 0. The number of hydrogen-bond donors (Lipinski definition) is 2. The van der Waals surface area contributed by atoms with Crippen LogP contribution >= 0.6 is 11.8 Å². The lowest BCUT2D eigenvalue weighted by Gasteiger charge is -2.31. The van der Waals surface area contributed by atoms with E-state index in [0.717, 1.165) is 42.0 Å². The Hall–Kier alpha value is -0.670. The van der Waals surface area contributed by atoms with Crippen LogP contribution in [0.25, 0.3) is 0 Å². The molecule has 2 nitrogen and oxygen atoms in total. The van der Waals surface area contributed by atoms with E-state index >= 15 is 0 Å². The molecule has 1 heterocycles. The summed E-state index contributed by atoms with van der Waals surface area (Å²) in [6, 6.07) is 7.83. The third-order valence-corrected chi connectivity index (χ3v) is 3.89. The SMILES string of the molecule is Nc1cccc(CC2(O)CCSCC2)c1. The van der Waals surface area contributed by atoms with Gasteiger partial charge >= 0.3 is 0 Å². The Labute approximate surface area is 94.9 Å². The minimum atomic E-state index is -0.501. The molecule has 1 aromatic rings. The van der Waals surface area contributed by atoms with Crippen molar-refractivity contribution in [2.75, 3.05) is 17.2 Å². The number of nitrogens with two attached hydrogens (primary N) is 1. The maximum atomic E-state index is 10.4. The molecule has 3 N–H and O–H groups in total. The van der Waals surface area contributed by atoms with Crippen LogP contribution in [0.15, 0.2) is 24.3 Å². The Morgan fingerprint density at radius 3 is 2.73 bits per heavy atom. The Kier molecular flexibility index (Phi) is 3.22. The predicted molar refractivity (Wildman–Crippen MR) is 66.1 cm³/mol. The van der Waals surface area contributed by atoms with Crippen LogP contribution in [-0.4, -0.2) is 22.2 Å². The largest absolute Gasteiger partial charge is 0.399 e. The van der Waals surface area contributed by atoms with Gasteiger partial charge in [0.15, 0.2) is 0 Å². The van der Waals surface area contributed by atoms with Crippen LogP contribution in [0.4, 0.5) is 5.69 Å². The molecule has 0 unspecified atom stereocenters. The van der Waals surface area contributed by atoms with E-state index in [1.54, 1.807) is 0 Å². The summed E-state index contributed by atoms with van der Waals surface area (Å²) in [5.74, 6) is 2.14. The first-order valence-electron chi connectivity index (χ1n) is 5.33. The van der Waals surface area contributed by atoms with Gasteiger partial charge in [-0.05, 0) is 42.0 Å². The first kappa shape index (κ1) is 10.8. The van der Waals surface area contributed by atoms with E-state index in [1.807, 2.05) is 36.0 Å². The number of thioether (sulfide) groups is 1. The second-order valence-electron chi connectivity index (χ2n) is 4.26. The summed E-state index contributed by atoms with van der Waals surface area (Å²) in [5, 5.41) is 10.4. The van der Waals surface area contributed by atoms with Crippen LogP contribution in [0.1, 0.15) is 18.4 Å². The molecular weight excluding hydrogens is 206 g/mol. The molecule has 1 fully saturated rings. The zero-order chi connectivity index (χ0) is 10.7. The fraction of sp³-hybridized carbons (Fsp3) is 0.500. The third kappa shape index (κ3) is 2.89. The van der Waals surface area contributed by atoms with Crippen molar-refractivity contribution in [1.82, 2.24) is 0 Å². The summed E-state index contributed by atoms with van der Waals surface area (Å²) in [5.41, 5.74) is 7.14. The standard InChI is InChI=1S/C12H17NOS/c13-11-3-1-2-10(8-11)9-12(14)4-6-15-7-5-12/h1-3,8,14H,4-7,9,13H2. The summed E-state index contributed by atoms with van der Waals surface area (Å²) >= 11 is 1.93. The van der Waals surface area contributed by atoms with Crippen LogP contribution in [0, 0.1) is 0 Å². The fourth-order valence-corrected chi connectivity index (χ4v) is 3.26. The van der Waals surface area contributed by atoms with Crippen LogP contribution in [0.2, 0.25) is 0 Å². The molecule has 0 saturated carbocycles. The highest BCUT2D eigenvalue weighted by Crippen LogP contribution is 2.30. The molecule has 0 bridgehead atoms. The van der Waals surface area contributed by atoms with Gasteiger partial charge in [0.05, 0.1) is 5.60 Å².